The van der Waals surface area contributed by atoms with E-state index in [1.807, 2.05) is 6.07 Å². The largest absolute Gasteiger partial charge is 0.495 e. The molecule has 0 aliphatic heterocycles. The van der Waals surface area contributed by atoms with Crippen molar-refractivity contribution in [3.8, 4) is 5.75 Å². The van der Waals surface area contributed by atoms with Crippen LogP contribution in [0.4, 0.5) is 0 Å². The number of hydrogen-bond donors (Lipinski definition) is 1. The molecule has 5 heteroatoms. The van der Waals surface area contributed by atoms with Crippen LogP contribution < -0.4 is 9.46 Å². The highest BCUT2D eigenvalue weighted by Crippen LogP contribution is 2.30. The molecule has 0 amide bonds. The average Bonchev–Trinajstić information content (AvgIpc) is 2.48. The lowest BCUT2D eigenvalue weighted by atomic mass is 9.87. The van der Waals surface area contributed by atoms with E-state index in [9.17, 15) is 8.42 Å². The molecule has 0 bridgehead atoms. The molecule has 1 fully saturated rings. The molecule has 1 aliphatic carbocycles. The number of nitrogens with one attached hydrogen (secondary N) is 1. The van der Waals surface area contributed by atoms with Crippen LogP contribution in [0, 0.1) is 5.92 Å². The Labute approximate surface area is 134 Å². The van der Waals surface area contributed by atoms with Crippen LogP contribution in [0.3, 0.4) is 0 Å². The van der Waals surface area contributed by atoms with Gasteiger partial charge in [-0.3, -0.25) is 0 Å². The van der Waals surface area contributed by atoms with Gasteiger partial charge in [0.15, 0.2) is 0 Å². The molecule has 1 aliphatic rings. The molecule has 1 aromatic carbocycles. The van der Waals surface area contributed by atoms with Crippen molar-refractivity contribution in [3.63, 3.8) is 0 Å². The molecule has 1 saturated carbocycles. The fraction of sp³-hybridized carbons (Fsp3) is 0.647. The molecule has 0 radical (unpaired) electrons. The highest BCUT2D eigenvalue weighted by molar-refractivity contribution is 7.89. The smallest absolute Gasteiger partial charge is 0.244 e. The molecule has 0 unspecified atom stereocenters. The van der Waals surface area contributed by atoms with Crippen LogP contribution in [0.1, 0.15) is 57.9 Å². The van der Waals surface area contributed by atoms with E-state index < -0.39 is 10.0 Å². The van der Waals surface area contributed by atoms with Gasteiger partial charge in [0.1, 0.15) is 10.6 Å². The quantitative estimate of drug-likeness (QED) is 0.898. The maximum Gasteiger partial charge on any atom is 0.244 e. The van der Waals surface area contributed by atoms with Crippen molar-refractivity contribution in [2.75, 3.05) is 7.11 Å². The van der Waals surface area contributed by atoms with E-state index in [1.54, 1.807) is 12.1 Å². The van der Waals surface area contributed by atoms with Gasteiger partial charge in [-0.2, -0.15) is 0 Å². The first-order valence-electron chi connectivity index (χ1n) is 8.05. The van der Waals surface area contributed by atoms with E-state index >= 15 is 0 Å². The van der Waals surface area contributed by atoms with Gasteiger partial charge in [-0.15, -0.1) is 0 Å². The molecule has 1 aromatic rings. The number of methoxy groups -OCH3 is 1. The summed E-state index contributed by atoms with van der Waals surface area (Å²) < 4.78 is 33.8. The second kappa shape index (κ2) is 7.01. The Hall–Kier alpha value is -1.07. The number of sulfonamides is 1. The molecule has 0 aromatic heterocycles. The van der Waals surface area contributed by atoms with Crippen molar-refractivity contribution >= 4 is 10.0 Å². The molecule has 0 saturated heterocycles. The van der Waals surface area contributed by atoms with E-state index in [4.69, 9.17) is 4.74 Å². The normalized spacial score (nSPS) is 22.8. The fourth-order valence-electron chi connectivity index (χ4n) is 3.02. The van der Waals surface area contributed by atoms with Crippen molar-refractivity contribution in [3.05, 3.63) is 23.8 Å². The monoisotopic (exact) mass is 325 g/mol. The third kappa shape index (κ3) is 3.82. The van der Waals surface area contributed by atoms with Gasteiger partial charge in [0, 0.05) is 6.04 Å². The third-order valence-electron chi connectivity index (χ3n) is 4.56. The van der Waals surface area contributed by atoms with Crippen LogP contribution in [0.25, 0.3) is 0 Å². The highest BCUT2D eigenvalue weighted by atomic mass is 32.2. The Kier molecular flexibility index (Phi) is 5.50. The van der Waals surface area contributed by atoms with Crippen LogP contribution >= 0.6 is 0 Å². The SMILES string of the molecule is COc1ccc(C(C)C)cc1S(=O)(=O)N[C@@H]1CCCC[C@@H]1C. The Balaban J connectivity index is 2.33. The minimum atomic E-state index is -3.57. The van der Waals surface area contributed by atoms with Gasteiger partial charge in [0.2, 0.25) is 10.0 Å². The summed E-state index contributed by atoms with van der Waals surface area (Å²) in [6.45, 7) is 6.22. The van der Waals surface area contributed by atoms with Crippen LogP contribution in [-0.2, 0) is 10.0 Å². The third-order valence-corrected chi connectivity index (χ3v) is 6.07. The van der Waals surface area contributed by atoms with Crippen LogP contribution in [0.15, 0.2) is 23.1 Å². The summed E-state index contributed by atoms with van der Waals surface area (Å²) in [5.74, 6) is 1.05. The predicted octanol–water partition coefficient (Wildman–Crippen LogP) is 3.68. The zero-order valence-electron chi connectivity index (χ0n) is 13.9. The first-order chi connectivity index (χ1) is 10.3. The van der Waals surface area contributed by atoms with Gasteiger partial charge in [-0.05, 0) is 42.4 Å². The fourth-order valence-corrected chi connectivity index (χ4v) is 4.60. The zero-order valence-corrected chi connectivity index (χ0v) is 14.7. The van der Waals surface area contributed by atoms with Crippen LogP contribution in [0.2, 0.25) is 0 Å². The number of ether oxygens (including phenoxy) is 1. The van der Waals surface area contributed by atoms with Crippen molar-refractivity contribution in [2.45, 2.75) is 63.3 Å². The average molecular weight is 325 g/mol. The summed E-state index contributed by atoms with van der Waals surface area (Å²) in [7, 11) is -2.06. The lowest BCUT2D eigenvalue weighted by molar-refractivity contribution is 0.310. The van der Waals surface area contributed by atoms with Crippen molar-refractivity contribution in [1.82, 2.24) is 4.72 Å². The molecule has 2 rings (SSSR count). The Bertz CT molecular complexity index is 610. The second-order valence-corrected chi connectivity index (χ2v) is 8.24. The Morgan fingerprint density at radius 2 is 1.91 bits per heavy atom. The molecular formula is C17H27NO3S. The second-order valence-electron chi connectivity index (χ2n) is 6.55. The van der Waals surface area contributed by atoms with Gasteiger partial charge in [-0.25, -0.2) is 13.1 Å². The molecule has 0 spiro atoms. The summed E-state index contributed by atoms with van der Waals surface area (Å²) in [4.78, 5) is 0.249. The highest BCUT2D eigenvalue weighted by Gasteiger charge is 2.28. The minimum Gasteiger partial charge on any atom is -0.495 e. The molecule has 1 N–H and O–H groups in total. The van der Waals surface area contributed by atoms with Crippen molar-refractivity contribution in [1.29, 1.82) is 0 Å². The lowest BCUT2D eigenvalue weighted by Gasteiger charge is -2.29. The number of benzene rings is 1. The van der Waals surface area contributed by atoms with Crippen LogP contribution in [0.5, 0.6) is 5.75 Å². The van der Waals surface area contributed by atoms with Gasteiger partial charge in [-0.1, -0.05) is 39.7 Å². The summed E-state index contributed by atoms with van der Waals surface area (Å²) in [5, 5.41) is 0. The first-order valence-corrected chi connectivity index (χ1v) is 9.53. The molecule has 124 valence electrons. The van der Waals surface area contributed by atoms with Gasteiger partial charge >= 0.3 is 0 Å². The Morgan fingerprint density at radius 1 is 1.23 bits per heavy atom. The molecule has 22 heavy (non-hydrogen) atoms. The molecule has 4 nitrogen and oxygen atoms in total. The number of hydrogen-bond acceptors (Lipinski definition) is 3. The molecule has 2 atom stereocenters. The van der Waals surface area contributed by atoms with E-state index in [1.165, 1.54) is 13.5 Å². The maximum atomic E-state index is 12.8. The first kappa shape index (κ1) is 17.3. The van der Waals surface area contributed by atoms with Gasteiger partial charge in [0.05, 0.1) is 7.11 Å². The Morgan fingerprint density at radius 3 is 2.50 bits per heavy atom. The zero-order chi connectivity index (χ0) is 16.3. The van der Waals surface area contributed by atoms with Gasteiger partial charge in [0.25, 0.3) is 0 Å². The predicted molar refractivity (Wildman–Crippen MR) is 88.8 cm³/mol. The van der Waals surface area contributed by atoms with Crippen molar-refractivity contribution < 1.29 is 13.2 Å². The standard InChI is InChI=1S/C17H27NO3S/c1-12(2)14-9-10-16(21-4)17(11-14)22(19,20)18-15-8-6-5-7-13(15)3/h9-13,15,18H,5-8H2,1-4H3/t13-,15+/m0/s1. The van der Waals surface area contributed by atoms with E-state index in [-0.39, 0.29) is 16.9 Å². The maximum absolute atomic E-state index is 12.8. The van der Waals surface area contributed by atoms with E-state index in [2.05, 4.69) is 25.5 Å². The number of rotatable bonds is 5. The topological polar surface area (TPSA) is 55.4 Å². The molecule has 0 heterocycles. The summed E-state index contributed by atoms with van der Waals surface area (Å²) >= 11 is 0. The minimum absolute atomic E-state index is 0.0196. The van der Waals surface area contributed by atoms with E-state index in [0.29, 0.717) is 11.7 Å². The summed E-state index contributed by atoms with van der Waals surface area (Å²) in [6.07, 6.45) is 4.26. The molecular weight excluding hydrogens is 298 g/mol. The summed E-state index contributed by atoms with van der Waals surface area (Å²) in [6, 6.07) is 5.42. The van der Waals surface area contributed by atoms with Crippen molar-refractivity contribution in [2.24, 2.45) is 5.92 Å². The van der Waals surface area contributed by atoms with Crippen LogP contribution in [-0.4, -0.2) is 21.6 Å². The lowest BCUT2D eigenvalue weighted by Crippen LogP contribution is -2.41. The van der Waals surface area contributed by atoms with Gasteiger partial charge < -0.3 is 4.74 Å². The van der Waals surface area contributed by atoms with E-state index in [0.717, 1.165) is 24.8 Å². The summed E-state index contributed by atoms with van der Waals surface area (Å²) in [5.41, 5.74) is 0.998.